The first kappa shape index (κ1) is 19.1. The van der Waals surface area contributed by atoms with Crippen LogP contribution in [0.2, 0.25) is 0 Å². The maximum absolute atomic E-state index is 12.7. The van der Waals surface area contributed by atoms with Gasteiger partial charge in [-0.3, -0.25) is 4.79 Å². The molecule has 27 heavy (non-hydrogen) atoms. The Labute approximate surface area is 158 Å². The van der Waals surface area contributed by atoms with E-state index in [0.717, 1.165) is 28.7 Å². The zero-order valence-corrected chi connectivity index (χ0v) is 16.3. The SMILES string of the molecule is COc1nn(C(=O)NS(=O)(=O)c2c(C(=O)NC3CC3)csc2C)c(=O)n1C. The minimum atomic E-state index is -4.41. The highest BCUT2D eigenvalue weighted by Gasteiger charge is 2.32. The summed E-state index contributed by atoms with van der Waals surface area (Å²) in [6.45, 7) is 1.52. The number of nitrogens with one attached hydrogen (secondary N) is 2. The third kappa shape index (κ3) is 3.60. The van der Waals surface area contributed by atoms with E-state index >= 15 is 0 Å². The molecule has 2 aromatic rings. The lowest BCUT2D eigenvalue weighted by Gasteiger charge is -2.09. The van der Waals surface area contributed by atoms with Gasteiger partial charge in [0.2, 0.25) is 0 Å². The number of aryl methyl sites for hydroxylation is 1. The van der Waals surface area contributed by atoms with Crippen LogP contribution in [-0.4, -0.2) is 47.9 Å². The van der Waals surface area contributed by atoms with Gasteiger partial charge in [0.05, 0.1) is 12.7 Å². The summed E-state index contributed by atoms with van der Waals surface area (Å²) in [6, 6.07) is -1.40. The second kappa shape index (κ2) is 6.81. The third-order valence-corrected chi connectivity index (χ3v) is 6.43. The number of carbonyl (C=O) groups is 2. The van der Waals surface area contributed by atoms with Gasteiger partial charge in [-0.1, -0.05) is 0 Å². The topological polar surface area (TPSA) is 141 Å². The number of amides is 2. The van der Waals surface area contributed by atoms with Crippen molar-refractivity contribution in [3.63, 3.8) is 0 Å². The summed E-state index contributed by atoms with van der Waals surface area (Å²) in [4.78, 5) is 36.6. The Morgan fingerprint density at radius 1 is 1.37 bits per heavy atom. The van der Waals surface area contributed by atoms with Crippen LogP contribution in [0, 0.1) is 6.92 Å². The average molecular weight is 415 g/mol. The Balaban J connectivity index is 1.91. The summed E-state index contributed by atoms with van der Waals surface area (Å²) in [5.41, 5.74) is -0.927. The highest BCUT2D eigenvalue weighted by molar-refractivity contribution is 7.90. The van der Waals surface area contributed by atoms with E-state index in [1.165, 1.54) is 26.5 Å². The van der Waals surface area contributed by atoms with Crippen LogP contribution in [0.3, 0.4) is 0 Å². The van der Waals surface area contributed by atoms with Gasteiger partial charge in [-0.05, 0) is 19.8 Å². The van der Waals surface area contributed by atoms with E-state index in [9.17, 15) is 22.8 Å². The van der Waals surface area contributed by atoms with Crippen molar-refractivity contribution in [2.75, 3.05) is 7.11 Å². The summed E-state index contributed by atoms with van der Waals surface area (Å²) in [5, 5.41) is 7.74. The molecule has 0 bridgehead atoms. The fraction of sp³-hybridized carbons (Fsp3) is 0.429. The Bertz CT molecular complexity index is 1080. The molecule has 0 atom stereocenters. The van der Waals surface area contributed by atoms with E-state index in [0.29, 0.717) is 9.56 Å². The molecule has 146 valence electrons. The predicted octanol–water partition coefficient (Wildman–Crippen LogP) is -0.201. The van der Waals surface area contributed by atoms with Gasteiger partial charge in [0.15, 0.2) is 0 Å². The molecule has 0 aliphatic heterocycles. The highest BCUT2D eigenvalue weighted by atomic mass is 32.2. The molecule has 0 radical (unpaired) electrons. The van der Waals surface area contributed by atoms with E-state index in [1.807, 2.05) is 0 Å². The number of rotatable bonds is 5. The van der Waals surface area contributed by atoms with Crippen molar-refractivity contribution in [3.05, 3.63) is 26.3 Å². The van der Waals surface area contributed by atoms with Gasteiger partial charge >= 0.3 is 17.7 Å². The lowest BCUT2D eigenvalue weighted by molar-refractivity contribution is 0.0948. The molecule has 2 heterocycles. The molecule has 1 saturated carbocycles. The second-order valence-corrected chi connectivity index (χ2v) is 8.64. The van der Waals surface area contributed by atoms with E-state index in [-0.39, 0.29) is 22.5 Å². The molecular formula is C14H17N5O6S2. The number of thiophene rings is 1. The number of ether oxygens (including phenoxy) is 1. The Hall–Kier alpha value is -2.67. The minimum absolute atomic E-state index is 0.0439. The molecule has 1 aliphatic rings. The van der Waals surface area contributed by atoms with Crippen LogP contribution in [-0.2, 0) is 17.1 Å². The summed E-state index contributed by atoms with van der Waals surface area (Å²) in [6.07, 6.45) is 1.69. The van der Waals surface area contributed by atoms with Crippen LogP contribution in [0.5, 0.6) is 6.01 Å². The number of aromatic nitrogens is 3. The molecule has 1 aliphatic carbocycles. The standard InChI is InChI=1S/C14H17N5O6S2/c1-7-10(9(6-26-7)11(20)15-8-4-5-8)27(23,24)17-12(21)19-14(22)18(2)13(16-19)25-3/h6,8H,4-5H2,1-3H3,(H,15,20)(H,17,21). The Morgan fingerprint density at radius 3 is 2.59 bits per heavy atom. The molecule has 2 aromatic heterocycles. The van der Waals surface area contributed by atoms with Crippen molar-refractivity contribution in [2.45, 2.75) is 30.7 Å². The quantitative estimate of drug-likeness (QED) is 0.689. The normalized spacial score (nSPS) is 14.0. The van der Waals surface area contributed by atoms with Gasteiger partial charge in [-0.25, -0.2) is 27.3 Å². The molecule has 11 nitrogen and oxygen atoms in total. The van der Waals surface area contributed by atoms with Crippen LogP contribution in [0.25, 0.3) is 0 Å². The fourth-order valence-electron chi connectivity index (χ4n) is 2.36. The molecule has 0 saturated heterocycles. The number of hydrogen-bond donors (Lipinski definition) is 2. The molecule has 0 unspecified atom stereocenters. The first-order chi connectivity index (χ1) is 12.7. The van der Waals surface area contributed by atoms with Gasteiger partial charge in [-0.15, -0.1) is 21.1 Å². The van der Waals surface area contributed by atoms with E-state index < -0.39 is 27.7 Å². The lowest BCUT2D eigenvalue weighted by atomic mass is 10.3. The van der Waals surface area contributed by atoms with Gasteiger partial charge in [0.1, 0.15) is 4.90 Å². The van der Waals surface area contributed by atoms with Crippen LogP contribution >= 0.6 is 11.3 Å². The van der Waals surface area contributed by atoms with Crippen molar-refractivity contribution >= 4 is 33.3 Å². The molecule has 2 amide bonds. The van der Waals surface area contributed by atoms with Gasteiger partial charge < -0.3 is 10.1 Å². The zero-order chi connectivity index (χ0) is 19.9. The van der Waals surface area contributed by atoms with E-state index in [4.69, 9.17) is 4.74 Å². The van der Waals surface area contributed by atoms with Gasteiger partial charge in [0.25, 0.3) is 15.9 Å². The van der Waals surface area contributed by atoms with Crippen molar-refractivity contribution in [1.29, 1.82) is 0 Å². The molecule has 13 heteroatoms. The van der Waals surface area contributed by atoms with Crippen molar-refractivity contribution in [2.24, 2.45) is 7.05 Å². The Kier molecular flexibility index (Phi) is 4.82. The van der Waals surface area contributed by atoms with E-state index in [2.05, 4.69) is 10.4 Å². The molecule has 3 rings (SSSR count). The number of nitrogens with zero attached hydrogens (tertiary/aromatic N) is 3. The number of carbonyl (C=O) groups excluding carboxylic acids is 2. The van der Waals surface area contributed by atoms with Crippen LogP contribution in [0.1, 0.15) is 28.1 Å². The minimum Gasteiger partial charge on any atom is -0.467 e. The van der Waals surface area contributed by atoms with Gasteiger partial charge in [0, 0.05) is 23.3 Å². The smallest absolute Gasteiger partial charge is 0.360 e. The zero-order valence-electron chi connectivity index (χ0n) is 14.7. The maximum Gasteiger partial charge on any atom is 0.360 e. The summed E-state index contributed by atoms with van der Waals surface area (Å²) in [7, 11) is -1.85. The largest absolute Gasteiger partial charge is 0.467 e. The average Bonchev–Trinajstić information content (AvgIpc) is 3.24. The lowest BCUT2D eigenvalue weighted by Crippen LogP contribution is -2.41. The second-order valence-electron chi connectivity index (χ2n) is 5.93. The van der Waals surface area contributed by atoms with Crippen LogP contribution in [0.4, 0.5) is 4.79 Å². The molecule has 0 aromatic carbocycles. The van der Waals surface area contributed by atoms with Crippen molar-refractivity contribution < 1.29 is 22.7 Å². The monoisotopic (exact) mass is 415 g/mol. The summed E-state index contributed by atoms with van der Waals surface area (Å²) in [5.74, 6) is -0.522. The molecule has 0 spiro atoms. The predicted molar refractivity (Wildman–Crippen MR) is 94.7 cm³/mol. The van der Waals surface area contributed by atoms with Crippen molar-refractivity contribution in [1.82, 2.24) is 24.4 Å². The number of hydrogen-bond acceptors (Lipinski definition) is 8. The third-order valence-electron chi connectivity index (χ3n) is 3.88. The number of sulfonamides is 1. The molecular weight excluding hydrogens is 398 g/mol. The highest BCUT2D eigenvalue weighted by Crippen LogP contribution is 2.28. The first-order valence-corrected chi connectivity index (χ1v) is 10.2. The van der Waals surface area contributed by atoms with Gasteiger partial charge in [-0.2, -0.15) is 0 Å². The molecule has 1 fully saturated rings. The van der Waals surface area contributed by atoms with Crippen LogP contribution < -0.4 is 20.5 Å². The van der Waals surface area contributed by atoms with Crippen LogP contribution in [0.15, 0.2) is 15.1 Å². The van der Waals surface area contributed by atoms with Crippen molar-refractivity contribution in [3.8, 4) is 6.01 Å². The Morgan fingerprint density at radius 2 is 2.04 bits per heavy atom. The summed E-state index contributed by atoms with van der Waals surface area (Å²) >= 11 is 1.07. The maximum atomic E-state index is 12.7. The first-order valence-electron chi connectivity index (χ1n) is 7.82. The van der Waals surface area contributed by atoms with E-state index in [1.54, 1.807) is 4.72 Å². The summed E-state index contributed by atoms with van der Waals surface area (Å²) < 4.78 is 33.3. The molecule has 2 N–H and O–H groups in total. The number of methoxy groups -OCH3 is 1. The fourth-order valence-corrected chi connectivity index (χ4v) is 4.89.